The van der Waals surface area contributed by atoms with Gasteiger partial charge in [0.2, 0.25) is 5.91 Å². The molecule has 0 radical (unpaired) electrons. The van der Waals surface area contributed by atoms with Gasteiger partial charge >= 0.3 is 0 Å². The molecule has 8 nitrogen and oxygen atoms in total. The zero-order chi connectivity index (χ0) is 22.8. The fourth-order valence-corrected chi connectivity index (χ4v) is 5.79. The van der Waals surface area contributed by atoms with Crippen molar-refractivity contribution < 1.29 is 9.59 Å². The fourth-order valence-electron chi connectivity index (χ4n) is 5.79. The molecule has 178 valence electrons. The summed E-state index contributed by atoms with van der Waals surface area (Å²) in [4.78, 5) is 32.3. The van der Waals surface area contributed by atoms with E-state index in [4.69, 9.17) is 0 Å². The number of fused-ring (bicyclic) bond motifs is 3. The van der Waals surface area contributed by atoms with E-state index < -0.39 is 0 Å². The molecule has 1 saturated carbocycles. The number of rotatable bonds is 5. The Morgan fingerprint density at radius 3 is 3.00 bits per heavy atom. The van der Waals surface area contributed by atoms with E-state index in [0.717, 1.165) is 38.5 Å². The maximum absolute atomic E-state index is 13.1. The molecular weight excluding hydrogens is 416 g/mol. The van der Waals surface area contributed by atoms with Gasteiger partial charge in [-0.1, -0.05) is 12.5 Å². The Bertz CT molecular complexity index is 1000. The van der Waals surface area contributed by atoms with Gasteiger partial charge in [-0.15, -0.1) is 0 Å². The van der Waals surface area contributed by atoms with Crippen molar-refractivity contribution >= 4 is 17.5 Å². The van der Waals surface area contributed by atoms with Gasteiger partial charge in [-0.2, -0.15) is 0 Å². The smallest absolute Gasteiger partial charge is 0.268 e. The number of carbonyl (C=O) groups excluding carboxylic acids is 2. The lowest BCUT2D eigenvalue weighted by Gasteiger charge is -2.31. The maximum Gasteiger partial charge on any atom is 0.268 e. The largest absolute Gasteiger partial charge is 0.350 e. The van der Waals surface area contributed by atoms with Crippen LogP contribution in [0.4, 0.5) is 0 Å². The molecule has 2 amide bonds. The molecule has 2 saturated heterocycles. The van der Waals surface area contributed by atoms with Crippen LogP contribution in [0.3, 0.4) is 0 Å². The minimum absolute atomic E-state index is 0.0777. The summed E-state index contributed by atoms with van der Waals surface area (Å²) in [6.07, 6.45) is 8.26. The summed E-state index contributed by atoms with van der Waals surface area (Å²) in [6, 6.07) is 6.48. The molecule has 1 aliphatic carbocycles. The molecule has 2 aromatic rings. The zero-order valence-corrected chi connectivity index (χ0v) is 19.6. The monoisotopic (exact) mass is 452 g/mol. The SMILES string of the molecule is CC1CN(C(=O)Cc2cn3c(C(=O)NCC4CCCC5CNC(C4)C5)cccc3n2)CCN1. The van der Waals surface area contributed by atoms with Crippen molar-refractivity contribution in [3.05, 3.63) is 35.8 Å². The quantitative estimate of drug-likeness (QED) is 0.641. The van der Waals surface area contributed by atoms with Gasteiger partial charge in [0, 0.05) is 44.5 Å². The Hall–Kier alpha value is -2.45. The van der Waals surface area contributed by atoms with Crippen molar-refractivity contribution in [2.24, 2.45) is 11.8 Å². The first-order valence-electron chi connectivity index (χ1n) is 12.5. The van der Waals surface area contributed by atoms with Crippen molar-refractivity contribution in [1.29, 1.82) is 0 Å². The molecule has 3 aliphatic rings. The van der Waals surface area contributed by atoms with Crippen LogP contribution in [0.5, 0.6) is 0 Å². The predicted molar refractivity (Wildman–Crippen MR) is 127 cm³/mol. The highest BCUT2D eigenvalue weighted by molar-refractivity contribution is 5.93. The highest BCUT2D eigenvalue weighted by Gasteiger charge is 2.29. The van der Waals surface area contributed by atoms with Crippen molar-refractivity contribution in [2.75, 3.05) is 32.7 Å². The van der Waals surface area contributed by atoms with Crippen molar-refractivity contribution in [1.82, 2.24) is 30.2 Å². The van der Waals surface area contributed by atoms with E-state index in [-0.39, 0.29) is 18.2 Å². The van der Waals surface area contributed by atoms with Gasteiger partial charge in [-0.25, -0.2) is 4.98 Å². The average molecular weight is 453 g/mol. The van der Waals surface area contributed by atoms with Gasteiger partial charge < -0.3 is 20.9 Å². The van der Waals surface area contributed by atoms with Gasteiger partial charge in [0.15, 0.2) is 0 Å². The van der Waals surface area contributed by atoms with Crippen LogP contribution in [0.15, 0.2) is 24.4 Å². The van der Waals surface area contributed by atoms with Crippen LogP contribution in [0, 0.1) is 11.8 Å². The number of pyridine rings is 1. The third-order valence-electron chi connectivity index (χ3n) is 7.54. The molecule has 8 heteroatoms. The summed E-state index contributed by atoms with van der Waals surface area (Å²) in [5.41, 5.74) is 1.97. The first kappa shape index (κ1) is 22.3. The molecule has 3 fully saturated rings. The van der Waals surface area contributed by atoms with E-state index in [1.807, 2.05) is 33.7 Å². The molecule has 4 atom stereocenters. The summed E-state index contributed by atoms with van der Waals surface area (Å²) >= 11 is 0. The molecule has 3 N–H and O–H groups in total. The van der Waals surface area contributed by atoms with Crippen molar-refractivity contribution in [3.63, 3.8) is 0 Å². The number of carbonyl (C=O) groups is 2. The Labute approximate surface area is 195 Å². The molecular formula is C25H36N6O2. The van der Waals surface area contributed by atoms with Crippen LogP contribution in [-0.2, 0) is 11.2 Å². The molecule has 0 aromatic carbocycles. The first-order valence-corrected chi connectivity index (χ1v) is 12.5. The van der Waals surface area contributed by atoms with E-state index in [9.17, 15) is 9.59 Å². The molecule has 2 aromatic heterocycles. The molecule has 2 aliphatic heterocycles. The second-order valence-corrected chi connectivity index (χ2v) is 10.2. The van der Waals surface area contributed by atoms with Gasteiger partial charge in [0.25, 0.3) is 5.91 Å². The molecule has 33 heavy (non-hydrogen) atoms. The number of hydrogen-bond donors (Lipinski definition) is 3. The average Bonchev–Trinajstić information content (AvgIpc) is 3.43. The van der Waals surface area contributed by atoms with Crippen LogP contribution in [0.1, 0.15) is 55.2 Å². The summed E-state index contributed by atoms with van der Waals surface area (Å²) in [6.45, 7) is 6.22. The number of imidazole rings is 1. The van der Waals surface area contributed by atoms with Crippen molar-refractivity contribution in [3.8, 4) is 0 Å². The Balaban J connectivity index is 1.23. The second-order valence-electron chi connectivity index (χ2n) is 10.2. The second kappa shape index (κ2) is 9.81. The van der Waals surface area contributed by atoms with Gasteiger partial charge in [0.1, 0.15) is 11.3 Å². The first-order chi connectivity index (χ1) is 16.0. The minimum Gasteiger partial charge on any atom is -0.350 e. The van der Waals surface area contributed by atoms with Crippen molar-refractivity contribution in [2.45, 2.75) is 57.5 Å². The van der Waals surface area contributed by atoms with E-state index >= 15 is 0 Å². The minimum atomic E-state index is -0.0777. The number of hydrogen-bond acceptors (Lipinski definition) is 5. The van der Waals surface area contributed by atoms with E-state index in [0.29, 0.717) is 41.6 Å². The van der Waals surface area contributed by atoms with Gasteiger partial charge in [-0.05, 0) is 63.1 Å². The topological polar surface area (TPSA) is 90.8 Å². The summed E-state index contributed by atoms with van der Waals surface area (Å²) in [5, 5.41) is 10.2. The summed E-state index contributed by atoms with van der Waals surface area (Å²) in [5.74, 6) is 1.37. The number of nitrogens with one attached hydrogen (secondary N) is 3. The lowest BCUT2D eigenvalue weighted by atomic mass is 9.86. The zero-order valence-electron chi connectivity index (χ0n) is 19.6. The Morgan fingerprint density at radius 2 is 2.12 bits per heavy atom. The van der Waals surface area contributed by atoms with Crippen LogP contribution >= 0.6 is 0 Å². The van der Waals surface area contributed by atoms with E-state index in [1.54, 1.807) is 0 Å². The molecule has 0 spiro atoms. The highest BCUT2D eigenvalue weighted by atomic mass is 16.2. The summed E-state index contributed by atoms with van der Waals surface area (Å²) < 4.78 is 1.82. The fraction of sp³-hybridized carbons (Fsp3) is 0.640. The third kappa shape index (κ3) is 5.22. The van der Waals surface area contributed by atoms with Crippen LogP contribution in [-0.4, -0.2) is 70.9 Å². The number of amides is 2. The molecule has 5 rings (SSSR count). The lowest BCUT2D eigenvalue weighted by molar-refractivity contribution is -0.131. The Kier molecular flexibility index (Phi) is 6.64. The molecule has 4 unspecified atom stereocenters. The van der Waals surface area contributed by atoms with E-state index in [1.165, 1.54) is 25.7 Å². The summed E-state index contributed by atoms with van der Waals surface area (Å²) in [7, 11) is 0. The third-order valence-corrected chi connectivity index (χ3v) is 7.54. The highest BCUT2D eigenvalue weighted by Crippen LogP contribution is 2.29. The van der Waals surface area contributed by atoms with E-state index in [2.05, 4.69) is 27.9 Å². The van der Waals surface area contributed by atoms with Gasteiger partial charge in [0.05, 0.1) is 12.1 Å². The van der Waals surface area contributed by atoms with Crippen LogP contribution in [0.2, 0.25) is 0 Å². The molecule has 4 heterocycles. The number of nitrogens with zero attached hydrogens (tertiary/aromatic N) is 3. The number of aromatic nitrogens is 2. The standard InChI is InChI=1S/C25H36N6O2/c1-17-15-30(9-8-26-17)24(32)12-21-16-31-22(6-3-7-23(31)29-21)25(33)28-14-19-5-2-4-18-10-20(11-19)27-13-18/h3,6-7,16-20,26-27H,2,4-5,8-15H2,1H3,(H,28,33). The number of piperazine rings is 1. The normalized spacial score (nSPS) is 27.8. The van der Waals surface area contributed by atoms with Gasteiger partial charge in [-0.3, -0.25) is 14.0 Å². The van der Waals surface area contributed by atoms with Crippen LogP contribution in [0.25, 0.3) is 5.65 Å². The Morgan fingerprint density at radius 1 is 1.21 bits per heavy atom. The maximum atomic E-state index is 13.1. The molecule has 2 bridgehead atoms. The predicted octanol–water partition coefficient (Wildman–Crippen LogP) is 1.60. The lowest BCUT2D eigenvalue weighted by Crippen LogP contribution is -2.51. The van der Waals surface area contributed by atoms with Crippen LogP contribution < -0.4 is 16.0 Å².